The molecule has 0 aliphatic carbocycles. The number of halogens is 3. The summed E-state index contributed by atoms with van der Waals surface area (Å²) in [5.74, 6) is -0.785. The summed E-state index contributed by atoms with van der Waals surface area (Å²) in [4.78, 5) is 14.1. The molecule has 0 spiro atoms. The van der Waals surface area contributed by atoms with Gasteiger partial charge >= 0.3 is 12.1 Å². The summed E-state index contributed by atoms with van der Waals surface area (Å²) in [5.41, 5.74) is 3.30. The molecule has 0 radical (unpaired) electrons. The van der Waals surface area contributed by atoms with Gasteiger partial charge in [0, 0.05) is 35.8 Å². The monoisotopic (exact) mass is 523 g/mol. The van der Waals surface area contributed by atoms with Crippen LogP contribution in [0.15, 0.2) is 78.9 Å². The fourth-order valence-corrected chi connectivity index (χ4v) is 6.12. The minimum absolute atomic E-state index is 0.0850. The lowest BCUT2D eigenvalue weighted by Gasteiger charge is -2.54. The molecule has 2 N–H and O–H groups in total. The van der Waals surface area contributed by atoms with Crippen molar-refractivity contribution in [3.8, 4) is 5.75 Å². The molecule has 1 amide bonds. The fraction of sp³-hybridized carbons (Fsp3) is 0.367. The molecule has 200 valence electrons. The van der Waals surface area contributed by atoms with Crippen molar-refractivity contribution in [1.29, 1.82) is 0 Å². The minimum atomic E-state index is -4.95. The molecule has 3 heterocycles. The van der Waals surface area contributed by atoms with E-state index >= 15 is 0 Å². The van der Waals surface area contributed by atoms with Crippen LogP contribution < -0.4 is 15.4 Å². The molecule has 8 heteroatoms. The number of fused-ring (bicyclic) bond motifs is 3. The number of ether oxygens (including phenoxy) is 1. The zero-order valence-corrected chi connectivity index (χ0v) is 21.2. The number of amides is 1. The number of anilines is 1. The van der Waals surface area contributed by atoms with Gasteiger partial charge in [-0.05, 0) is 61.2 Å². The summed E-state index contributed by atoms with van der Waals surface area (Å²) < 4.78 is 43.9. The van der Waals surface area contributed by atoms with E-state index < -0.39 is 12.1 Å². The van der Waals surface area contributed by atoms with Crippen molar-refractivity contribution in [3.63, 3.8) is 0 Å². The third kappa shape index (κ3) is 5.56. The van der Waals surface area contributed by atoms with Crippen molar-refractivity contribution in [2.45, 2.75) is 43.6 Å². The molecule has 3 aliphatic heterocycles. The maximum atomic E-state index is 12.8. The van der Waals surface area contributed by atoms with Gasteiger partial charge in [-0.2, -0.15) is 13.2 Å². The Bertz CT molecular complexity index is 1190. The summed E-state index contributed by atoms with van der Waals surface area (Å²) in [6, 6.07) is 26.1. The number of piperidine rings is 3. The van der Waals surface area contributed by atoms with Crippen LogP contribution in [-0.2, 0) is 11.3 Å². The van der Waals surface area contributed by atoms with Crippen LogP contribution in [0.1, 0.15) is 35.4 Å². The van der Waals surface area contributed by atoms with Crippen molar-refractivity contribution in [1.82, 2.24) is 10.2 Å². The highest BCUT2D eigenvalue weighted by molar-refractivity contribution is 5.95. The van der Waals surface area contributed by atoms with E-state index in [4.69, 9.17) is 4.74 Å². The van der Waals surface area contributed by atoms with Crippen LogP contribution >= 0.6 is 0 Å². The number of nitrogens with one attached hydrogen (secondary N) is 2. The van der Waals surface area contributed by atoms with Crippen LogP contribution in [-0.4, -0.2) is 49.3 Å². The van der Waals surface area contributed by atoms with E-state index in [1.54, 1.807) is 12.1 Å². The van der Waals surface area contributed by atoms with Gasteiger partial charge in [0.05, 0.1) is 7.11 Å². The molecule has 0 saturated carbocycles. The first kappa shape index (κ1) is 26.3. The van der Waals surface area contributed by atoms with Crippen molar-refractivity contribution in [2.24, 2.45) is 5.92 Å². The second-order valence-corrected chi connectivity index (χ2v) is 10.0. The molecule has 38 heavy (non-hydrogen) atoms. The van der Waals surface area contributed by atoms with Gasteiger partial charge in [-0.3, -0.25) is 9.69 Å². The molecule has 6 rings (SSSR count). The zero-order chi connectivity index (χ0) is 26.7. The Hall–Kier alpha value is -3.36. The molecule has 0 unspecified atom stereocenters. The zero-order valence-electron chi connectivity index (χ0n) is 21.2. The quantitative estimate of drug-likeness (QED) is 0.405. The normalized spacial score (nSPS) is 22.9. The Balaban J connectivity index is 1.44. The molecule has 3 aliphatic rings. The highest BCUT2D eigenvalue weighted by atomic mass is 19.4. The third-order valence-corrected chi connectivity index (χ3v) is 7.85. The maximum absolute atomic E-state index is 12.8. The van der Waals surface area contributed by atoms with Crippen LogP contribution in [0.25, 0.3) is 0 Å². The molecular weight excluding hydrogens is 491 g/mol. The van der Waals surface area contributed by atoms with Gasteiger partial charge in [0.25, 0.3) is 0 Å². The largest absolute Gasteiger partial charge is 0.496 e. The smallest absolute Gasteiger partial charge is 0.471 e. The first-order valence-corrected chi connectivity index (χ1v) is 13.0. The van der Waals surface area contributed by atoms with Gasteiger partial charge in [0.1, 0.15) is 5.75 Å². The molecule has 3 aromatic rings. The number of rotatable bonds is 8. The average molecular weight is 524 g/mol. The lowest BCUT2D eigenvalue weighted by molar-refractivity contribution is -0.167. The minimum Gasteiger partial charge on any atom is -0.496 e. The number of benzene rings is 3. The predicted molar refractivity (Wildman–Crippen MR) is 141 cm³/mol. The topological polar surface area (TPSA) is 53.6 Å². The number of hydrogen-bond acceptors (Lipinski definition) is 4. The van der Waals surface area contributed by atoms with Crippen molar-refractivity contribution in [3.05, 3.63) is 95.6 Å². The molecule has 2 atom stereocenters. The third-order valence-electron chi connectivity index (χ3n) is 7.85. The number of carbonyl (C=O) groups excluding carboxylic acids is 1. The Morgan fingerprint density at radius 3 is 2.13 bits per heavy atom. The van der Waals surface area contributed by atoms with Gasteiger partial charge in [-0.15, -0.1) is 0 Å². The first-order chi connectivity index (χ1) is 18.3. The van der Waals surface area contributed by atoms with Gasteiger partial charge in [-0.25, -0.2) is 0 Å². The summed E-state index contributed by atoms with van der Waals surface area (Å²) in [6.07, 6.45) is -2.75. The molecule has 5 nitrogen and oxygen atoms in total. The first-order valence-electron chi connectivity index (χ1n) is 13.0. The van der Waals surface area contributed by atoms with Gasteiger partial charge in [0.2, 0.25) is 0 Å². The van der Waals surface area contributed by atoms with E-state index in [9.17, 15) is 18.0 Å². The van der Waals surface area contributed by atoms with Crippen LogP contribution in [0.3, 0.4) is 0 Å². The van der Waals surface area contributed by atoms with Crippen molar-refractivity contribution in [2.75, 3.05) is 25.5 Å². The molecular formula is C30H32F3N3O2. The Morgan fingerprint density at radius 1 is 0.974 bits per heavy atom. The lowest BCUT2D eigenvalue weighted by atomic mass is 9.70. The summed E-state index contributed by atoms with van der Waals surface area (Å²) in [7, 11) is 1.53. The number of nitrogens with zero attached hydrogens (tertiary/aromatic N) is 1. The predicted octanol–water partition coefficient (Wildman–Crippen LogP) is 5.58. The maximum Gasteiger partial charge on any atom is 0.471 e. The van der Waals surface area contributed by atoms with E-state index in [1.807, 2.05) is 17.4 Å². The lowest BCUT2D eigenvalue weighted by Crippen LogP contribution is -2.64. The fourth-order valence-electron chi connectivity index (χ4n) is 6.12. The standard InChI is InChI=1S/C30H32F3N3O2/c1-38-25-13-12-24(35-29(37)30(31,32)33)18-23(25)19-34-27-22-14-16-36(17-15-22)28(27)26(20-8-4-2-5-9-20)21-10-6-3-7-11-21/h2-13,18,22,26-28,34H,14-17,19H2,1H3,(H,35,37)/t27-,28+/m0/s1. The number of methoxy groups -OCH3 is 1. The molecule has 2 bridgehead atoms. The van der Waals surface area contributed by atoms with Gasteiger partial charge < -0.3 is 15.4 Å². The highest BCUT2D eigenvalue weighted by Gasteiger charge is 2.46. The van der Waals surface area contributed by atoms with Crippen molar-refractivity contribution >= 4 is 11.6 Å². The van der Waals surface area contributed by atoms with E-state index in [1.165, 1.54) is 24.3 Å². The van der Waals surface area contributed by atoms with E-state index in [0.29, 0.717) is 23.8 Å². The van der Waals surface area contributed by atoms with Crippen LogP contribution in [0.5, 0.6) is 5.75 Å². The average Bonchev–Trinajstić information content (AvgIpc) is 2.94. The molecule has 3 fully saturated rings. The summed E-state index contributed by atoms with van der Waals surface area (Å²) in [6.45, 7) is 2.50. The van der Waals surface area contributed by atoms with Gasteiger partial charge in [0.15, 0.2) is 0 Å². The molecule has 3 saturated heterocycles. The van der Waals surface area contributed by atoms with E-state index in [-0.39, 0.29) is 23.7 Å². The second kappa shape index (κ2) is 11.2. The summed E-state index contributed by atoms with van der Waals surface area (Å²) in [5, 5.41) is 5.72. The Labute approximate surface area is 221 Å². The SMILES string of the molecule is COc1ccc(NC(=O)C(F)(F)F)cc1CN[C@H]1C2CCN(CC2)[C@@H]1C(c1ccccc1)c1ccccc1. The molecule has 3 aromatic carbocycles. The number of carbonyl (C=O) groups is 1. The number of alkyl halides is 3. The molecule has 0 aromatic heterocycles. The van der Waals surface area contributed by atoms with E-state index in [2.05, 4.69) is 58.7 Å². The van der Waals surface area contributed by atoms with E-state index in [0.717, 1.165) is 25.9 Å². The van der Waals surface area contributed by atoms with Crippen molar-refractivity contribution < 1.29 is 22.7 Å². The van der Waals surface area contributed by atoms with Crippen LogP contribution in [0.2, 0.25) is 0 Å². The number of hydrogen-bond donors (Lipinski definition) is 2. The van der Waals surface area contributed by atoms with Gasteiger partial charge in [-0.1, -0.05) is 60.7 Å². The van der Waals surface area contributed by atoms with Crippen LogP contribution in [0.4, 0.5) is 18.9 Å². The second-order valence-electron chi connectivity index (χ2n) is 10.0. The summed E-state index contributed by atoms with van der Waals surface area (Å²) >= 11 is 0. The van der Waals surface area contributed by atoms with Crippen LogP contribution in [0, 0.1) is 5.92 Å². The Kier molecular flexibility index (Phi) is 7.72. The Morgan fingerprint density at radius 2 is 1.58 bits per heavy atom. The highest BCUT2D eigenvalue weighted by Crippen LogP contribution is 2.42.